The molecule has 1 fully saturated rings. The molecule has 2 heterocycles. The Labute approximate surface area is 136 Å². The van der Waals surface area contributed by atoms with E-state index in [0.717, 1.165) is 39.9 Å². The Kier molecular flexibility index (Phi) is 3.09. The van der Waals surface area contributed by atoms with Gasteiger partial charge in [-0.1, -0.05) is 6.07 Å². The number of hydrogen-bond acceptors (Lipinski definition) is 4. The van der Waals surface area contributed by atoms with Crippen molar-refractivity contribution in [2.45, 2.75) is 19.8 Å². The normalized spacial score (nSPS) is 14.3. The molecule has 0 saturated heterocycles. The second-order valence-electron chi connectivity index (χ2n) is 5.86. The first-order chi connectivity index (χ1) is 11.0. The van der Waals surface area contributed by atoms with Crippen LogP contribution in [0.3, 0.4) is 0 Å². The number of nitrogens with zero attached hydrogens (tertiary/aromatic N) is 2. The van der Waals surface area contributed by atoms with E-state index in [9.17, 15) is 9.59 Å². The summed E-state index contributed by atoms with van der Waals surface area (Å²) in [4.78, 5) is 28.8. The van der Waals surface area contributed by atoms with Gasteiger partial charge in [-0.2, -0.15) is 0 Å². The van der Waals surface area contributed by atoms with Gasteiger partial charge in [-0.15, -0.1) is 11.3 Å². The monoisotopic (exact) mass is 325 g/mol. The van der Waals surface area contributed by atoms with Crippen molar-refractivity contribution in [3.63, 3.8) is 0 Å². The molecule has 1 aliphatic carbocycles. The van der Waals surface area contributed by atoms with Crippen LogP contribution in [0.1, 0.15) is 32.3 Å². The van der Waals surface area contributed by atoms with Crippen LogP contribution in [-0.2, 0) is 0 Å². The molecule has 1 saturated carbocycles. The summed E-state index contributed by atoms with van der Waals surface area (Å²) < 4.78 is 1.74. The number of aryl methyl sites for hydroxylation is 1. The quantitative estimate of drug-likeness (QED) is 0.803. The van der Waals surface area contributed by atoms with Gasteiger partial charge in [-0.05, 0) is 38.0 Å². The molecule has 1 amide bonds. The Morgan fingerprint density at radius 1 is 1.30 bits per heavy atom. The average Bonchev–Trinajstić information content (AvgIpc) is 3.18. The van der Waals surface area contributed by atoms with E-state index >= 15 is 0 Å². The van der Waals surface area contributed by atoms with E-state index in [1.165, 1.54) is 11.3 Å². The molecule has 23 heavy (non-hydrogen) atoms. The Balaban J connectivity index is 1.78. The Morgan fingerprint density at radius 2 is 2.09 bits per heavy atom. The predicted molar refractivity (Wildman–Crippen MR) is 89.7 cm³/mol. The molecule has 0 aliphatic heterocycles. The van der Waals surface area contributed by atoms with Gasteiger partial charge in [-0.25, -0.2) is 4.98 Å². The molecular weight excluding hydrogens is 310 g/mol. The number of fused-ring (bicyclic) bond motifs is 1. The zero-order valence-electron chi connectivity index (χ0n) is 12.6. The van der Waals surface area contributed by atoms with Crippen LogP contribution >= 0.6 is 11.3 Å². The van der Waals surface area contributed by atoms with Crippen LogP contribution in [0.15, 0.2) is 30.5 Å². The maximum Gasteiger partial charge on any atom is 0.277 e. The predicted octanol–water partition coefficient (Wildman–Crippen LogP) is 3.22. The highest BCUT2D eigenvalue weighted by Gasteiger charge is 2.31. The van der Waals surface area contributed by atoms with Gasteiger partial charge in [0.1, 0.15) is 0 Å². The number of aromatic nitrogens is 2. The van der Waals surface area contributed by atoms with Crippen molar-refractivity contribution >= 4 is 34.1 Å². The fourth-order valence-electron chi connectivity index (χ4n) is 2.78. The molecule has 116 valence electrons. The van der Waals surface area contributed by atoms with Crippen LogP contribution in [0.5, 0.6) is 0 Å². The minimum absolute atomic E-state index is 0.175. The van der Waals surface area contributed by atoms with E-state index in [2.05, 4.69) is 4.98 Å². The van der Waals surface area contributed by atoms with E-state index in [1.54, 1.807) is 4.57 Å². The molecule has 2 N–H and O–H groups in total. The van der Waals surface area contributed by atoms with Crippen molar-refractivity contribution in [3.05, 3.63) is 40.3 Å². The lowest BCUT2D eigenvalue weighted by molar-refractivity contribution is 0.0891. The minimum Gasteiger partial charge on any atom is -0.364 e. The van der Waals surface area contributed by atoms with Gasteiger partial charge in [0.05, 0.1) is 11.2 Å². The smallest absolute Gasteiger partial charge is 0.277 e. The van der Waals surface area contributed by atoms with E-state index in [-0.39, 0.29) is 11.8 Å². The fourth-order valence-corrected chi connectivity index (χ4v) is 3.57. The van der Waals surface area contributed by atoms with Gasteiger partial charge in [0.2, 0.25) is 5.91 Å². The largest absolute Gasteiger partial charge is 0.364 e. The Morgan fingerprint density at radius 3 is 2.74 bits per heavy atom. The maximum atomic E-state index is 12.3. The highest BCUT2D eigenvalue weighted by molar-refractivity contribution is 7.14. The standard InChI is InChI=1S/C17H15N3O2S/c1-9-14(19-16(23-9)15(18)21)12-4-5-13-11(8-12)6-7-20(13)17(22)10-2-3-10/h4-8,10H,2-3H2,1H3,(H2,18,21). The summed E-state index contributed by atoms with van der Waals surface area (Å²) in [7, 11) is 0. The third-order valence-electron chi connectivity index (χ3n) is 4.14. The molecule has 1 aromatic carbocycles. The average molecular weight is 325 g/mol. The Hall–Kier alpha value is -2.47. The molecular formula is C17H15N3O2S. The molecule has 3 aromatic rings. The zero-order valence-corrected chi connectivity index (χ0v) is 13.4. The van der Waals surface area contributed by atoms with Crippen LogP contribution in [0.4, 0.5) is 0 Å². The number of nitrogens with two attached hydrogens (primary N) is 1. The lowest BCUT2D eigenvalue weighted by Gasteiger charge is -2.04. The van der Waals surface area contributed by atoms with Crippen LogP contribution in [0.25, 0.3) is 22.2 Å². The second kappa shape index (κ2) is 5.03. The summed E-state index contributed by atoms with van der Waals surface area (Å²) in [5, 5.41) is 1.31. The number of carbonyl (C=O) groups excluding carboxylic acids is 2. The highest BCUT2D eigenvalue weighted by Crippen LogP contribution is 2.33. The van der Waals surface area contributed by atoms with Crippen molar-refractivity contribution in [2.24, 2.45) is 11.7 Å². The van der Waals surface area contributed by atoms with Crippen LogP contribution in [0.2, 0.25) is 0 Å². The zero-order chi connectivity index (χ0) is 16.1. The van der Waals surface area contributed by atoms with Crippen molar-refractivity contribution in [1.29, 1.82) is 0 Å². The summed E-state index contributed by atoms with van der Waals surface area (Å²) in [6.07, 6.45) is 3.81. The third kappa shape index (κ3) is 2.35. The van der Waals surface area contributed by atoms with Crippen LogP contribution in [0, 0.1) is 12.8 Å². The number of amides is 1. The summed E-state index contributed by atoms with van der Waals surface area (Å²) >= 11 is 1.30. The molecule has 6 heteroatoms. The topological polar surface area (TPSA) is 78.0 Å². The van der Waals surface area contributed by atoms with Crippen molar-refractivity contribution in [1.82, 2.24) is 9.55 Å². The summed E-state index contributed by atoms with van der Waals surface area (Å²) in [5.41, 5.74) is 7.91. The lowest BCUT2D eigenvalue weighted by atomic mass is 10.1. The molecule has 0 atom stereocenters. The number of thiazole rings is 1. The first-order valence-corrected chi connectivity index (χ1v) is 8.29. The van der Waals surface area contributed by atoms with Gasteiger partial charge in [0, 0.05) is 27.9 Å². The van der Waals surface area contributed by atoms with Gasteiger partial charge >= 0.3 is 0 Å². The molecule has 0 radical (unpaired) electrons. The van der Waals surface area contributed by atoms with Gasteiger partial charge in [0.15, 0.2) is 5.01 Å². The first kappa shape index (κ1) is 14.1. The maximum absolute atomic E-state index is 12.3. The first-order valence-electron chi connectivity index (χ1n) is 7.47. The lowest BCUT2D eigenvalue weighted by Crippen LogP contribution is -2.10. The summed E-state index contributed by atoms with van der Waals surface area (Å²) in [6, 6.07) is 7.81. The summed E-state index contributed by atoms with van der Waals surface area (Å²) in [5.74, 6) is -0.149. The number of carbonyl (C=O) groups is 2. The van der Waals surface area contributed by atoms with Gasteiger partial charge in [0.25, 0.3) is 5.91 Å². The Bertz CT molecular complexity index is 950. The van der Waals surface area contributed by atoms with E-state index in [0.29, 0.717) is 5.01 Å². The number of primary amides is 1. The SMILES string of the molecule is Cc1sc(C(N)=O)nc1-c1ccc2c(ccn2C(=O)C2CC2)c1. The number of benzene rings is 1. The van der Waals surface area contributed by atoms with E-state index in [4.69, 9.17) is 5.73 Å². The third-order valence-corrected chi connectivity index (χ3v) is 5.12. The van der Waals surface area contributed by atoms with Crippen molar-refractivity contribution in [3.8, 4) is 11.3 Å². The van der Waals surface area contributed by atoms with Gasteiger partial charge in [-0.3, -0.25) is 14.2 Å². The van der Waals surface area contributed by atoms with Gasteiger partial charge < -0.3 is 5.73 Å². The minimum atomic E-state index is -0.508. The van der Waals surface area contributed by atoms with Crippen molar-refractivity contribution in [2.75, 3.05) is 0 Å². The molecule has 4 rings (SSSR count). The molecule has 0 bridgehead atoms. The summed E-state index contributed by atoms with van der Waals surface area (Å²) in [6.45, 7) is 1.92. The number of rotatable bonds is 3. The van der Waals surface area contributed by atoms with Crippen LogP contribution < -0.4 is 5.73 Å². The fraction of sp³-hybridized carbons (Fsp3) is 0.235. The molecule has 1 aliphatic rings. The molecule has 2 aromatic heterocycles. The van der Waals surface area contributed by atoms with E-state index in [1.807, 2.05) is 37.4 Å². The highest BCUT2D eigenvalue weighted by atomic mass is 32.1. The number of hydrogen-bond donors (Lipinski definition) is 1. The molecule has 5 nitrogen and oxygen atoms in total. The van der Waals surface area contributed by atoms with E-state index < -0.39 is 5.91 Å². The van der Waals surface area contributed by atoms with Crippen LogP contribution in [-0.4, -0.2) is 21.4 Å². The second-order valence-corrected chi connectivity index (χ2v) is 7.06. The van der Waals surface area contributed by atoms with Crippen molar-refractivity contribution < 1.29 is 9.59 Å². The molecule has 0 spiro atoms. The molecule has 0 unspecified atom stereocenters.